The number of ether oxygens (including phenoxy) is 1. The first-order valence-electron chi connectivity index (χ1n) is 9.04. The van der Waals surface area contributed by atoms with E-state index in [-0.39, 0.29) is 11.6 Å². The molecule has 0 spiro atoms. The van der Waals surface area contributed by atoms with Crippen molar-refractivity contribution < 1.29 is 14.3 Å². The fraction of sp³-hybridized carbons (Fsp3) is 0.0870. The molecule has 2 aromatic carbocycles. The first kappa shape index (κ1) is 20.3. The lowest BCUT2D eigenvalue weighted by atomic mass is 10.1. The molecule has 0 unspecified atom stereocenters. The summed E-state index contributed by atoms with van der Waals surface area (Å²) in [5.74, 6) is -0.746. The highest BCUT2D eigenvalue weighted by Gasteiger charge is 2.10. The zero-order valence-corrected chi connectivity index (χ0v) is 16.5. The van der Waals surface area contributed by atoms with Crippen LogP contribution in [0.4, 0.5) is 5.69 Å². The zero-order valence-electron chi connectivity index (χ0n) is 15.8. The maximum Gasteiger partial charge on any atom is 0.330 e. The van der Waals surface area contributed by atoms with Gasteiger partial charge in [0.25, 0.3) is 5.91 Å². The van der Waals surface area contributed by atoms with Crippen LogP contribution in [0.5, 0.6) is 0 Å². The number of carbonyl (C=O) groups is 2. The largest absolute Gasteiger partial charge is 0.463 e. The van der Waals surface area contributed by atoms with Crippen molar-refractivity contribution in [1.29, 1.82) is 0 Å². The molecular formula is C23H19ClN2O3. The molecule has 6 heteroatoms. The molecule has 5 nitrogen and oxygen atoms in total. The van der Waals surface area contributed by atoms with Gasteiger partial charge in [-0.1, -0.05) is 41.9 Å². The molecule has 0 atom stereocenters. The van der Waals surface area contributed by atoms with Gasteiger partial charge in [0.2, 0.25) is 0 Å². The van der Waals surface area contributed by atoms with E-state index in [1.54, 1.807) is 55.5 Å². The predicted molar refractivity (Wildman–Crippen MR) is 115 cm³/mol. The number of rotatable bonds is 6. The van der Waals surface area contributed by atoms with Gasteiger partial charge >= 0.3 is 5.97 Å². The number of hydrogen-bond acceptors (Lipinski definition) is 4. The van der Waals surface area contributed by atoms with Crippen LogP contribution in [0.25, 0.3) is 17.3 Å². The predicted octanol–water partition coefficient (Wildman–Crippen LogP) is 5.23. The topological polar surface area (TPSA) is 68.3 Å². The number of amides is 1. The van der Waals surface area contributed by atoms with E-state index in [4.69, 9.17) is 16.3 Å². The van der Waals surface area contributed by atoms with Gasteiger partial charge in [-0.05, 0) is 55.0 Å². The Morgan fingerprint density at radius 1 is 1.07 bits per heavy atom. The van der Waals surface area contributed by atoms with Gasteiger partial charge in [0.15, 0.2) is 0 Å². The van der Waals surface area contributed by atoms with Crippen molar-refractivity contribution in [3.63, 3.8) is 0 Å². The summed E-state index contributed by atoms with van der Waals surface area (Å²) in [7, 11) is 0. The second-order valence-corrected chi connectivity index (χ2v) is 6.52. The maximum absolute atomic E-state index is 12.6. The number of nitrogens with one attached hydrogen (secondary N) is 1. The van der Waals surface area contributed by atoms with Crippen LogP contribution in [0.15, 0.2) is 72.8 Å². The summed E-state index contributed by atoms with van der Waals surface area (Å²) in [6.45, 7) is 2.07. The highest BCUT2D eigenvalue weighted by molar-refractivity contribution is 6.30. The highest BCUT2D eigenvalue weighted by atomic mass is 35.5. The van der Waals surface area contributed by atoms with E-state index in [2.05, 4.69) is 10.3 Å². The molecule has 1 amide bonds. The normalized spacial score (nSPS) is 10.7. The monoisotopic (exact) mass is 406 g/mol. The minimum Gasteiger partial charge on any atom is -0.463 e. The van der Waals surface area contributed by atoms with Gasteiger partial charge in [0.1, 0.15) is 5.69 Å². The molecule has 0 saturated carbocycles. The Morgan fingerprint density at radius 3 is 2.66 bits per heavy atom. The van der Waals surface area contributed by atoms with Crippen molar-refractivity contribution >= 4 is 35.2 Å². The van der Waals surface area contributed by atoms with E-state index in [1.165, 1.54) is 6.08 Å². The van der Waals surface area contributed by atoms with Gasteiger partial charge in [0.05, 0.1) is 12.3 Å². The Balaban J connectivity index is 1.75. The van der Waals surface area contributed by atoms with Gasteiger partial charge in [-0.15, -0.1) is 0 Å². The van der Waals surface area contributed by atoms with Crippen LogP contribution in [-0.4, -0.2) is 23.5 Å². The molecule has 0 fully saturated rings. The number of esters is 1. The summed E-state index contributed by atoms with van der Waals surface area (Å²) in [6.07, 6.45) is 2.98. The number of aromatic nitrogens is 1. The Kier molecular flexibility index (Phi) is 6.76. The SMILES string of the molecule is CCOC(=O)/C=C/c1cccc(NC(=O)c2cccc(-c3cccc(Cl)c3)n2)c1. The standard InChI is InChI=1S/C23H19ClN2O3/c1-2-29-22(27)13-12-16-6-3-9-19(14-16)25-23(28)21-11-5-10-20(26-21)17-7-4-8-18(24)15-17/h3-15H,2H2,1H3,(H,25,28)/b13-12+. The molecule has 0 radical (unpaired) electrons. The first-order valence-corrected chi connectivity index (χ1v) is 9.42. The Morgan fingerprint density at radius 2 is 1.86 bits per heavy atom. The van der Waals surface area contributed by atoms with Crippen molar-refractivity contribution in [1.82, 2.24) is 4.98 Å². The molecule has 0 aliphatic rings. The van der Waals surface area contributed by atoms with Crippen molar-refractivity contribution in [2.24, 2.45) is 0 Å². The molecule has 1 heterocycles. The summed E-state index contributed by atoms with van der Waals surface area (Å²) >= 11 is 6.04. The number of carbonyl (C=O) groups excluding carboxylic acids is 2. The van der Waals surface area contributed by atoms with E-state index in [0.29, 0.717) is 23.0 Å². The Bertz CT molecular complexity index is 1060. The highest BCUT2D eigenvalue weighted by Crippen LogP contribution is 2.21. The van der Waals surface area contributed by atoms with Crippen molar-refractivity contribution in [2.45, 2.75) is 6.92 Å². The molecule has 3 aromatic rings. The minimum atomic E-state index is -0.413. The van der Waals surface area contributed by atoms with Crippen molar-refractivity contribution in [3.05, 3.63) is 89.1 Å². The summed E-state index contributed by atoms with van der Waals surface area (Å²) < 4.78 is 4.86. The molecule has 0 bridgehead atoms. The molecule has 1 aromatic heterocycles. The third kappa shape index (κ3) is 5.77. The maximum atomic E-state index is 12.6. The average Bonchev–Trinajstić information content (AvgIpc) is 2.73. The third-order valence-electron chi connectivity index (χ3n) is 3.95. The second kappa shape index (κ2) is 9.66. The lowest BCUT2D eigenvalue weighted by molar-refractivity contribution is -0.137. The summed E-state index contributed by atoms with van der Waals surface area (Å²) in [5.41, 5.74) is 3.13. The second-order valence-electron chi connectivity index (χ2n) is 6.08. The number of hydrogen-bond donors (Lipinski definition) is 1. The molecule has 146 valence electrons. The van der Waals surface area contributed by atoms with Gasteiger partial charge < -0.3 is 10.1 Å². The first-order chi connectivity index (χ1) is 14.0. The van der Waals surface area contributed by atoms with Crippen LogP contribution in [0.3, 0.4) is 0 Å². The van der Waals surface area contributed by atoms with Crippen molar-refractivity contribution in [3.8, 4) is 11.3 Å². The number of pyridine rings is 1. The molecular weight excluding hydrogens is 388 g/mol. The van der Waals surface area contributed by atoms with Crippen LogP contribution in [0, 0.1) is 0 Å². The summed E-state index contributed by atoms with van der Waals surface area (Å²) in [4.78, 5) is 28.5. The number of benzene rings is 2. The minimum absolute atomic E-state index is 0.287. The van der Waals surface area contributed by atoms with E-state index in [9.17, 15) is 9.59 Å². The summed E-state index contributed by atoms with van der Waals surface area (Å²) in [6, 6.07) is 19.7. The summed E-state index contributed by atoms with van der Waals surface area (Å²) in [5, 5.41) is 3.43. The molecule has 0 aliphatic heterocycles. The molecule has 29 heavy (non-hydrogen) atoms. The zero-order chi connectivity index (χ0) is 20.6. The third-order valence-corrected chi connectivity index (χ3v) is 4.18. The molecule has 3 rings (SSSR count). The van der Waals surface area contributed by atoms with Gasteiger partial charge in [0, 0.05) is 22.3 Å². The van der Waals surface area contributed by atoms with Crippen LogP contribution in [0.1, 0.15) is 23.0 Å². The van der Waals surface area contributed by atoms with Crippen LogP contribution in [-0.2, 0) is 9.53 Å². The Labute approximate surface area is 174 Å². The van der Waals surface area contributed by atoms with Crippen LogP contribution >= 0.6 is 11.6 Å². The molecule has 0 saturated heterocycles. The molecule has 0 aliphatic carbocycles. The van der Waals surface area contributed by atoms with Gasteiger partial charge in [-0.25, -0.2) is 9.78 Å². The Hall–Kier alpha value is -3.44. The van der Waals surface area contributed by atoms with Gasteiger partial charge in [-0.2, -0.15) is 0 Å². The van der Waals surface area contributed by atoms with Crippen molar-refractivity contribution in [2.75, 3.05) is 11.9 Å². The fourth-order valence-electron chi connectivity index (χ4n) is 2.64. The van der Waals surface area contributed by atoms with E-state index in [0.717, 1.165) is 11.1 Å². The fourth-order valence-corrected chi connectivity index (χ4v) is 2.83. The van der Waals surface area contributed by atoms with Gasteiger partial charge in [-0.3, -0.25) is 4.79 Å². The van der Waals surface area contributed by atoms with Crippen LogP contribution in [0.2, 0.25) is 5.02 Å². The van der Waals surface area contributed by atoms with E-state index in [1.807, 2.05) is 24.3 Å². The van der Waals surface area contributed by atoms with E-state index < -0.39 is 5.97 Å². The lowest BCUT2D eigenvalue weighted by Crippen LogP contribution is -2.13. The number of nitrogens with zero attached hydrogens (tertiary/aromatic N) is 1. The van der Waals surface area contributed by atoms with Crippen LogP contribution < -0.4 is 5.32 Å². The smallest absolute Gasteiger partial charge is 0.330 e. The number of halogens is 1. The lowest BCUT2D eigenvalue weighted by Gasteiger charge is -2.07. The quantitative estimate of drug-likeness (QED) is 0.449. The molecule has 1 N–H and O–H groups in total. The number of anilines is 1. The van der Waals surface area contributed by atoms with E-state index >= 15 is 0 Å². The average molecular weight is 407 g/mol.